The fourth-order valence-electron chi connectivity index (χ4n) is 4.85. The van der Waals surface area contributed by atoms with Crippen LogP contribution in [-0.2, 0) is 19.4 Å². The van der Waals surface area contributed by atoms with E-state index < -0.39 is 0 Å². The second-order valence-corrected chi connectivity index (χ2v) is 10.0. The summed E-state index contributed by atoms with van der Waals surface area (Å²) < 4.78 is 15.1. The quantitative estimate of drug-likeness (QED) is 0.604. The van der Waals surface area contributed by atoms with E-state index in [0.29, 0.717) is 0 Å². The minimum atomic E-state index is -0.197. The fraction of sp³-hybridized carbons (Fsp3) is 0.500. The highest BCUT2D eigenvalue weighted by Crippen LogP contribution is 2.35. The number of hydrogen-bond acceptors (Lipinski definition) is 5. The molecule has 0 unspecified atom stereocenters. The standard InChI is InChI=1S/C24H29FN4OS/c1-16(2)29-23(30)21-19-5-3-4-6-20(19)31-22(21)26-24(29)28-13-11-27(12-14-28)15-17-7-9-18(25)10-8-17/h7-10,16H,3-6,11-15H2,1-2H3. The lowest BCUT2D eigenvalue weighted by atomic mass is 9.97. The molecule has 0 atom stereocenters. The van der Waals surface area contributed by atoms with Crippen molar-refractivity contribution in [1.29, 1.82) is 0 Å². The Bertz CT molecular complexity index is 1140. The Morgan fingerprint density at radius 3 is 2.48 bits per heavy atom. The van der Waals surface area contributed by atoms with Gasteiger partial charge in [0, 0.05) is 43.6 Å². The molecule has 1 fully saturated rings. The van der Waals surface area contributed by atoms with E-state index in [9.17, 15) is 9.18 Å². The molecule has 1 aliphatic heterocycles. The highest BCUT2D eigenvalue weighted by molar-refractivity contribution is 7.18. The molecule has 31 heavy (non-hydrogen) atoms. The molecule has 2 aliphatic rings. The monoisotopic (exact) mass is 440 g/mol. The summed E-state index contributed by atoms with van der Waals surface area (Å²) in [7, 11) is 0. The summed E-state index contributed by atoms with van der Waals surface area (Å²) in [5.74, 6) is 0.615. The van der Waals surface area contributed by atoms with Crippen molar-refractivity contribution in [3.63, 3.8) is 0 Å². The molecule has 3 aromatic rings. The maximum Gasteiger partial charge on any atom is 0.264 e. The summed E-state index contributed by atoms with van der Waals surface area (Å²) in [4.78, 5) is 25.5. The van der Waals surface area contributed by atoms with E-state index in [0.717, 1.165) is 73.7 Å². The van der Waals surface area contributed by atoms with Gasteiger partial charge in [0.1, 0.15) is 10.6 Å². The van der Waals surface area contributed by atoms with E-state index in [4.69, 9.17) is 4.98 Å². The average Bonchev–Trinajstić information content (AvgIpc) is 3.14. The van der Waals surface area contributed by atoms with Gasteiger partial charge in [-0.2, -0.15) is 0 Å². The molecule has 1 aromatic carbocycles. The molecule has 5 rings (SSSR count). The second kappa shape index (κ2) is 8.36. The first-order valence-corrected chi connectivity index (χ1v) is 12.1. The summed E-state index contributed by atoms with van der Waals surface area (Å²) in [5.41, 5.74) is 2.51. The zero-order chi connectivity index (χ0) is 21.5. The highest BCUT2D eigenvalue weighted by atomic mass is 32.1. The lowest BCUT2D eigenvalue weighted by Gasteiger charge is -2.36. The van der Waals surface area contributed by atoms with E-state index in [1.807, 2.05) is 16.7 Å². The first-order chi connectivity index (χ1) is 15.0. The molecule has 1 aliphatic carbocycles. The molecule has 2 aromatic heterocycles. The van der Waals surface area contributed by atoms with Gasteiger partial charge in [-0.3, -0.25) is 14.3 Å². The first-order valence-electron chi connectivity index (χ1n) is 11.3. The summed E-state index contributed by atoms with van der Waals surface area (Å²) in [6, 6.07) is 6.81. The summed E-state index contributed by atoms with van der Waals surface area (Å²) in [5, 5.41) is 0.868. The number of hydrogen-bond donors (Lipinski definition) is 0. The van der Waals surface area contributed by atoms with Crippen LogP contribution in [0.1, 0.15) is 48.7 Å². The van der Waals surface area contributed by atoms with E-state index in [2.05, 4.69) is 23.6 Å². The van der Waals surface area contributed by atoms with Gasteiger partial charge in [0.2, 0.25) is 5.95 Å². The number of piperazine rings is 1. The number of benzene rings is 1. The van der Waals surface area contributed by atoms with Gasteiger partial charge < -0.3 is 4.90 Å². The summed E-state index contributed by atoms with van der Waals surface area (Å²) >= 11 is 1.72. The molecule has 3 heterocycles. The average molecular weight is 441 g/mol. The third kappa shape index (κ3) is 3.89. The van der Waals surface area contributed by atoms with Gasteiger partial charge in [0.15, 0.2) is 0 Å². The molecule has 0 radical (unpaired) electrons. The summed E-state index contributed by atoms with van der Waals surface area (Å²) in [6.07, 6.45) is 4.46. The lowest BCUT2D eigenvalue weighted by molar-refractivity contribution is 0.247. The first kappa shape index (κ1) is 20.6. The predicted molar refractivity (Wildman–Crippen MR) is 125 cm³/mol. The smallest absolute Gasteiger partial charge is 0.264 e. The largest absolute Gasteiger partial charge is 0.340 e. The third-order valence-electron chi connectivity index (χ3n) is 6.49. The zero-order valence-electron chi connectivity index (χ0n) is 18.2. The van der Waals surface area contributed by atoms with E-state index in [1.54, 1.807) is 11.3 Å². The van der Waals surface area contributed by atoms with Gasteiger partial charge in [-0.1, -0.05) is 12.1 Å². The van der Waals surface area contributed by atoms with Crippen molar-refractivity contribution in [2.75, 3.05) is 31.1 Å². The van der Waals surface area contributed by atoms with Crippen molar-refractivity contribution in [1.82, 2.24) is 14.5 Å². The van der Waals surface area contributed by atoms with Crippen LogP contribution in [0.2, 0.25) is 0 Å². The van der Waals surface area contributed by atoms with Crippen LogP contribution < -0.4 is 10.5 Å². The van der Waals surface area contributed by atoms with Gasteiger partial charge >= 0.3 is 0 Å². The molecule has 0 spiro atoms. The van der Waals surface area contributed by atoms with Crippen LogP contribution in [0.4, 0.5) is 10.3 Å². The topological polar surface area (TPSA) is 41.4 Å². The Kier molecular flexibility index (Phi) is 5.56. The Balaban J connectivity index is 1.41. The molecule has 0 amide bonds. The van der Waals surface area contributed by atoms with Crippen LogP contribution in [0.25, 0.3) is 10.2 Å². The maximum absolute atomic E-state index is 13.6. The van der Waals surface area contributed by atoms with Crippen LogP contribution >= 0.6 is 11.3 Å². The minimum absolute atomic E-state index is 0.0655. The number of fused-ring (bicyclic) bond motifs is 3. The normalized spacial score (nSPS) is 17.5. The number of aryl methyl sites for hydroxylation is 2. The zero-order valence-corrected chi connectivity index (χ0v) is 19.1. The number of thiophene rings is 1. The number of anilines is 1. The minimum Gasteiger partial charge on any atom is -0.340 e. The van der Waals surface area contributed by atoms with Crippen LogP contribution in [0.5, 0.6) is 0 Å². The molecule has 7 heteroatoms. The Morgan fingerprint density at radius 1 is 1.06 bits per heavy atom. The van der Waals surface area contributed by atoms with Gasteiger partial charge in [-0.05, 0) is 62.8 Å². The molecule has 1 saturated heterocycles. The number of halogens is 1. The van der Waals surface area contributed by atoms with Crippen molar-refractivity contribution in [3.05, 3.63) is 56.4 Å². The van der Waals surface area contributed by atoms with Crippen molar-refractivity contribution in [2.45, 2.75) is 52.1 Å². The SMILES string of the molecule is CC(C)n1c(N2CCN(Cc3ccc(F)cc3)CC2)nc2sc3c(c2c1=O)CCCC3. The van der Waals surface area contributed by atoms with Crippen molar-refractivity contribution in [2.24, 2.45) is 0 Å². The Labute approximate surface area is 186 Å². The lowest BCUT2D eigenvalue weighted by Crippen LogP contribution is -2.48. The Morgan fingerprint density at radius 2 is 1.77 bits per heavy atom. The van der Waals surface area contributed by atoms with Gasteiger partial charge in [0.05, 0.1) is 5.39 Å². The maximum atomic E-state index is 13.6. The van der Waals surface area contributed by atoms with Crippen LogP contribution in [-0.4, -0.2) is 40.6 Å². The van der Waals surface area contributed by atoms with Gasteiger partial charge in [-0.15, -0.1) is 11.3 Å². The van der Waals surface area contributed by atoms with Crippen LogP contribution in [0.15, 0.2) is 29.1 Å². The van der Waals surface area contributed by atoms with Crippen molar-refractivity contribution < 1.29 is 4.39 Å². The van der Waals surface area contributed by atoms with E-state index >= 15 is 0 Å². The number of aromatic nitrogens is 2. The predicted octanol–water partition coefficient (Wildman–Crippen LogP) is 4.38. The van der Waals surface area contributed by atoms with Gasteiger partial charge in [-0.25, -0.2) is 9.37 Å². The number of rotatable bonds is 4. The van der Waals surface area contributed by atoms with Crippen molar-refractivity contribution in [3.8, 4) is 0 Å². The molecular weight excluding hydrogens is 411 g/mol. The van der Waals surface area contributed by atoms with E-state index in [-0.39, 0.29) is 17.4 Å². The van der Waals surface area contributed by atoms with Crippen LogP contribution in [0, 0.1) is 5.82 Å². The van der Waals surface area contributed by atoms with Gasteiger partial charge in [0.25, 0.3) is 5.56 Å². The Hall–Kier alpha value is -2.25. The summed E-state index contributed by atoms with van der Waals surface area (Å²) in [6.45, 7) is 8.40. The second-order valence-electron chi connectivity index (χ2n) is 8.96. The molecule has 5 nitrogen and oxygen atoms in total. The van der Waals surface area contributed by atoms with Crippen molar-refractivity contribution >= 4 is 27.5 Å². The van der Waals surface area contributed by atoms with E-state index in [1.165, 1.54) is 29.0 Å². The fourth-order valence-corrected chi connectivity index (χ4v) is 6.10. The molecule has 164 valence electrons. The molecule has 0 N–H and O–H groups in total. The highest BCUT2D eigenvalue weighted by Gasteiger charge is 2.27. The van der Waals surface area contributed by atoms with Crippen LogP contribution in [0.3, 0.4) is 0 Å². The third-order valence-corrected chi connectivity index (χ3v) is 7.68. The number of nitrogens with zero attached hydrogens (tertiary/aromatic N) is 4. The molecule has 0 saturated carbocycles. The molecular formula is C24H29FN4OS. The molecule has 0 bridgehead atoms.